The third-order valence-electron chi connectivity index (χ3n) is 3.15. The molecule has 0 aromatic heterocycles. The fourth-order valence-electron chi connectivity index (χ4n) is 1.96. The average Bonchev–Trinajstić information content (AvgIpc) is 2.58. The molecule has 0 aliphatic rings. The zero-order valence-corrected chi connectivity index (χ0v) is 12.6. The lowest BCUT2D eigenvalue weighted by atomic mass is 10.1. The summed E-state index contributed by atoms with van der Waals surface area (Å²) in [4.78, 5) is 23.4. The van der Waals surface area contributed by atoms with Crippen molar-refractivity contribution in [3.63, 3.8) is 0 Å². The van der Waals surface area contributed by atoms with Crippen LogP contribution < -0.4 is 15.6 Å². The van der Waals surface area contributed by atoms with E-state index in [1.807, 2.05) is 25.1 Å². The molecule has 0 unspecified atom stereocenters. The lowest BCUT2D eigenvalue weighted by Crippen LogP contribution is -2.44. The quantitative estimate of drug-likeness (QED) is 0.831. The Hall–Kier alpha value is -2.89. The molecule has 6 heteroatoms. The first-order valence-corrected chi connectivity index (χ1v) is 7.16. The van der Waals surface area contributed by atoms with E-state index in [2.05, 4.69) is 10.9 Å². The van der Waals surface area contributed by atoms with Gasteiger partial charge in [-0.1, -0.05) is 37.3 Å². The van der Waals surface area contributed by atoms with E-state index in [4.69, 9.17) is 4.74 Å². The van der Waals surface area contributed by atoms with Crippen LogP contribution in [0.5, 0.6) is 5.75 Å². The molecule has 2 aromatic carbocycles. The molecule has 0 aliphatic heterocycles. The number of hydrazine groups is 1. The standard InChI is InChI=1S/C17H17FN2O3/c1-2-12-7-3-6-10-15(12)23-11-16(21)19-20-17(22)13-8-4-5-9-14(13)18/h3-10H,2,11H2,1H3,(H,19,21)(H,20,22). The summed E-state index contributed by atoms with van der Waals surface area (Å²) in [5, 5.41) is 0. The van der Waals surface area contributed by atoms with Crippen LogP contribution in [0.25, 0.3) is 0 Å². The zero-order valence-electron chi connectivity index (χ0n) is 12.6. The highest BCUT2D eigenvalue weighted by atomic mass is 19.1. The van der Waals surface area contributed by atoms with Crippen molar-refractivity contribution < 1.29 is 18.7 Å². The Labute approximate surface area is 133 Å². The van der Waals surface area contributed by atoms with Gasteiger partial charge in [0.2, 0.25) is 0 Å². The Kier molecular flexibility index (Phi) is 5.68. The van der Waals surface area contributed by atoms with Crippen molar-refractivity contribution in [1.82, 2.24) is 10.9 Å². The molecule has 23 heavy (non-hydrogen) atoms. The SMILES string of the molecule is CCc1ccccc1OCC(=O)NNC(=O)c1ccccc1F. The number of hydrogen-bond donors (Lipinski definition) is 2. The molecule has 120 valence electrons. The van der Waals surface area contributed by atoms with Crippen molar-refractivity contribution in [2.24, 2.45) is 0 Å². The predicted molar refractivity (Wildman–Crippen MR) is 83.3 cm³/mol. The second-order valence-corrected chi connectivity index (χ2v) is 4.73. The van der Waals surface area contributed by atoms with Crippen molar-refractivity contribution in [3.8, 4) is 5.75 Å². The summed E-state index contributed by atoms with van der Waals surface area (Å²) in [6.07, 6.45) is 0.780. The summed E-state index contributed by atoms with van der Waals surface area (Å²) in [5.41, 5.74) is 5.17. The molecule has 2 rings (SSSR count). The van der Waals surface area contributed by atoms with Crippen LogP contribution in [0.2, 0.25) is 0 Å². The molecule has 0 radical (unpaired) electrons. The Balaban J connectivity index is 1.84. The maximum Gasteiger partial charge on any atom is 0.276 e. The van der Waals surface area contributed by atoms with E-state index in [0.717, 1.165) is 12.0 Å². The summed E-state index contributed by atoms with van der Waals surface area (Å²) in [5.74, 6) is -1.32. The molecular weight excluding hydrogens is 299 g/mol. The van der Waals surface area contributed by atoms with Crippen molar-refractivity contribution >= 4 is 11.8 Å². The van der Waals surface area contributed by atoms with Crippen LogP contribution in [0.3, 0.4) is 0 Å². The maximum absolute atomic E-state index is 13.4. The Morgan fingerprint density at radius 2 is 1.74 bits per heavy atom. The van der Waals surface area contributed by atoms with Gasteiger partial charge in [0, 0.05) is 0 Å². The Morgan fingerprint density at radius 3 is 2.48 bits per heavy atom. The van der Waals surface area contributed by atoms with Gasteiger partial charge >= 0.3 is 0 Å². The summed E-state index contributed by atoms with van der Waals surface area (Å²) in [6, 6.07) is 12.9. The number of benzene rings is 2. The van der Waals surface area contributed by atoms with Gasteiger partial charge in [0.1, 0.15) is 11.6 Å². The van der Waals surface area contributed by atoms with Crippen LogP contribution in [-0.2, 0) is 11.2 Å². The van der Waals surface area contributed by atoms with Gasteiger partial charge < -0.3 is 4.74 Å². The Morgan fingerprint density at radius 1 is 1.04 bits per heavy atom. The van der Waals surface area contributed by atoms with E-state index in [1.165, 1.54) is 24.3 Å². The lowest BCUT2D eigenvalue weighted by Gasteiger charge is -2.11. The molecule has 0 fully saturated rings. The molecule has 0 atom stereocenters. The number of aryl methyl sites for hydroxylation is 1. The summed E-state index contributed by atoms with van der Waals surface area (Å²) >= 11 is 0. The van der Waals surface area contributed by atoms with Gasteiger partial charge in [-0.2, -0.15) is 0 Å². The second kappa shape index (κ2) is 7.93. The number of ether oxygens (including phenoxy) is 1. The van der Waals surface area contributed by atoms with Gasteiger partial charge in [0.25, 0.3) is 11.8 Å². The first-order valence-electron chi connectivity index (χ1n) is 7.16. The van der Waals surface area contributed by atoms with Gasteiger partial charge in [-0.05, 0) is 30.2 Å². The first-order chi connectivity index (χ1) is 11.1. The minimum absolute atomic E-state index is 0.148. The third-order valence-corrected chi connectivity index (χ3v) is 3.15. The Bertz CT molecular complexity index is 704. The molecule has 2 amide bonds. The highest BCUT2D eigenvalue weighted by Gasteiger charge is 2.12. The lowest BCUT2D eigenvalue weighted by molar-refractivity contribution is -0.123. The summed E-state index contributed by atoms with van der Waals surface area (Å²) in [7, 11) is 0. The molecular formula is C17H17FN2O3. The largest absolute Gasteiger partial charge is 0.483 e. The van der Waals surface area contributed by atoms with Crippen molar-refractivity contribution in [1.29, 1.82) is 0 Å². The van der Waals surface area contributed by atoms with Crippen molar-refractivity contribution in [2.75, 3.05) is 6.61 Å². The highest BCUT2D eigenvalue weighted by molar-refractivity contribution is 5.95. The molecule has 0 saturated heterocycles. The predicted octanol–water partition coefficient (Wildman–Crippen LogP) is 2.23. The molecule has 2 aromatic rings. The number of para-hydroxylation sites is 1. The zero-order chi connectivity index (χ0) is 16.7. The van der Waals surface area contributed by atoms with E-state index in [0.29, 0.717) is 5.75 Å². The van der Waals surface area contributed by atoms with Crippen molar-refractivity contribution in [3.05, 3.63) is 65.5 Å². The molecule has 2 N–H and O–H groups in total. The van der Waals surface area contributed by atoms with Crippen LogP contribution in [0.1, 0.15) is 22.8 Å². The van der Waals surface area contributed by atoms with E-state index in [-0.39, 0.29) is 12.2 Å². The van der Waals surface area contributed by atoms with Gasteiger partial charge in [-0.3, -0.25) is 20.4 Å². The molecule has 0 saturated carbocycles. The number of hydrogen-bond acceptors (Lipinski definition) is 3. The maximum atomic E-state index is 13.4. The average molecular weight is 316 g/mol. The van der Waals surface area contributed by atoms with Gasteiger partial charge in [-0.15, -0.1) is 0 Å². The van der Waals surface area contributed by atoms with Gasteiger partial charge in [0.05, 0.1) is 5.56 Å². The minimum atomic E-state index is -0.731. The van der Waals surface area contributed by atoms with E-state index in [9.17, 15) is 14.0 Å². The molecule has 0 spiro atoms. The van der Waals surface area contributed by atoms with E-state index in [1.54, 1.807) is 6.07 Å². The second-order valence-electron chi connectivity index (χ2n) is 4.73. The number of halogens is 1. The first kappa shape index (κ1) is 16.5. The number of amides is 2. The van der Waals surface area contributed by atoms with Crippen LogP contribution in [-0.4, -0.2) is 18.4 Å². The van der Waals surface area contributed by atoms with E-state index >= 15 is 0 Å². The number of carbonyl (C=O) groups is 2. The van der Waals surface area contributed by atoms with Crippen LogP contribution in [0, 0.1) is 5.82 Å². The topological polar surface area (TPSA) is 67.4 Å². The van der Waals surface area contributed by atoms with Crippen LogP contribution in [0.15, 0.2) is 48.5 Å². The smallest absolute Gasteiger partial charge is 0.276 e. The van der Waals surface area contributed by atoms with Crippen molar-refractivity contribution in [2.45, 2.75) is 13.3 Å². The fraction of sp³-hybridized carbons (Fsp3) is 0.176. The van der Waals surface area contributed by atoms with Crippen LogP contribution >= 0.6 is 0 Å². The monoisotopic (exact) mass is 316 g/mol. The van der Waals surface area contributed by atoms with Gasteiger partial charge in [0.15, 0.2) is 6.61 Å². The number of carbonyl (C=O) groups excluding carboxylic acids is 2. The number of rotatable bonds is 5. The third kappa shape index (κ3) is 4.54. The highest BCUT2D eigenvalue weighted by Crippen LogP contribution is 2.17. The van der Waals surface area contributed by atoms with Crippen LogP contribution in [0.4, 0.5) is 4.39 Å². The molecule has 0 bridgehead atoms. The normalized spacial score (nSPS) is 10.0. The summed E-state index contributed by atoms with van der Waals surface area (Å²) in [6.45, 7) is 1.73. The molecule has 5 nitrogen and oxygen atoms in total. The minimum Gasteiger partial charge on any atom is -0.483 e. The van der Waals surface area contributed by atoms with Gasteiger partial charge in [-0.25, -0.2) is 4.39 Å². The molecule has 0 aliphatic carbocycles. The number of nitrogens with one attached hydrogen (secondary N) is 2. The summed E-state index contributed by atoms with van der Waals surface area (Å²) < 4.78 is 18.8. The fourth-order valence-corrected chi connectivity index (χ4v) is 1.96. The molecule has 0 heterocycles. The van der Waals surface area contributed by atoms with E-state index < -0.39 is 17.6 Å².